The van der Waals surface area contributed by atoms with Crippen molar-refractivity contribution in [2.24, 2.45) is 0 Å². The molecule has 0 radical (unpaired) electrons. The monoisotopic (exact) mass is 216 g/mol. The maximum absolute atomic E-state index is 6.17. The topological polar surface area (TPSA) is 0 Å². The third-order valence-electron chi connectivity index (χ3n) is 2.69. The van der Waals surface area contributed by atoms with Gasteiger partial charge in [-0.15, -0.1) is 18.2 Å². The van der Waals surface area contributed by atoms with E-state index < -0.39 is 0 Å². The number of hydrogen-bond acceptors (Lipinski definition) is 0. The maximum Gasteiger partial charge on any atom is 0.0595 e. The van der Waals surface area contributed by atoms with E-state index >= 15 is 0 Å². The van der Waals surface area contributed by atoms with Crippen LogP contribution < -0.4 is 0 Å². The number of unbranched alkanes of at least 4 members (excludes halogenated alkanes) is 6. The van der Waals surface area contributed by atoms with E-state index in [-0.39, 0.29) is 4.87 Å². The van der Waals surface area contributed by atoms with Crippen molar-refractivity contribution < 1.29 is 0 Å². The molecular weight excluding hydrogens is 192 g/mol. The number of halogens is 1. The summed E-state index contributed by atoms with van der Waals surface area (Å²) in [6.07, 6.45) is 12.3. The van der Waals surface area contributed by atoms with Crippen LogP contribution in [0.5, 0.6) is 0 Å². The van der Waals surface area contributed by atoms with E-state index in [0.29, 0.717) is 0 Å². The van der Waals surface area contributed by atoms with Crippen LogP contribution in [-0.4, -0.2) is 4.87 Å². The first-order chi connectivity index (χ1) is 6.62. The van der Waals surface area contributed by atoms with Gasteiger partial charge in [0, 0.05) is 0 Å². The van der Waals surface area contributed by atoms with Gasteiger partial charge in [0.05, 0.1) is 4.87 Å². The number of allylic oxidation sites excluding steroid dienone is 1. The molecule has 0 amide bonds. The molecule has 1 unspecified atom stereocenters. The van der Waals surface area contributed by atoms with Crippen molar-refractivity contribution >= 4 is 11.6 Å². The van der Waals surface area contributed by atoms with Gasteiger partial charge in [0.1, 0.15) is 0 Å². The van der Waals surface area contributed by atoms with Crippen LogP contribution in [0, 0.1) is 0 Å². The summed E-state index contributed by atoms with van der Waals surface area (Å²) in [5.41, 5.74) is 0. The molecule has 0 rings (SSSR count). The zero-order valence-electron chi connectivity index (χ0n) is 9.82. The Balaban J connectivity index is 3.17. The first-order valence-electron chi connectivity index (χ1n) is 5.95. The average molecular weight is 217 g/mol. The van der Waals surface area contributed by atoms with Crippen LogP contribution in [-0.2, 0) is 0 Å². The van der Waals surface area contributed by atoms with Crippen LogP contribution in [0.1, 0.15) is 65.2 Å². The second-order valence-corrected chi connectivity index (χ2v) is 5.22. The first kappa shape index (κ1) is 14.0. The third kappa shape index (κ3) is 8.62. The van der Waals surface area contributed by atoms with Gasteiger partial charge >= 0.3 is 0 Å². The van der Waals surface area contributed by atoms with E-state index in [1.165, 1.54) is 44.9 Å². The number of alkyl halides is 1. The molecule has 0 aromatic carbocycles. The molecule has 0 bridgehead atoms. The molecular formula is C13H25Cl. The molecule has 0 N–H and O–H groups in total. The minimum atomic E-state index is -0.177. The van der Waals surface area contributed by atoms with Crippen LogP contribution in [0.25, 0.3) is 0 Å². The molecule has 0 aliphatic carbocycles. The largest absolute Gasteiger partial charge is 0.115 e. The van der Waals surface area contributed by atoms with Gasteiger partial charge in [0.15, 0.2) is 0 Å². The van der Waals surface area contributed by atoms with Crippen molar-refractivity contribution in [2.75, 3.05) is 0 Å². The second kappa shape index (κ2) is 8.35. The summed E-state index contributed by atoms with van der Waals surface area (Å²) >= 11 is 6.17. The summed E-state index contributed by atoms with van der Waals surface area (Å²) in [6.45, 7) is 8.03. The predicted molar refractivity (Wildman–Crippen MR) is 67.1 cm³/mol. The summed E-state index contributed by atoms with van der Waals surface area (Å²) in [7, 11) is 0. The lowest BCUT2D eigenvalue weighted by Gasteiger charge is -2.16. The fourth-order valence-corrected chi connectivity index (χ4v) is 1.66. The van der Waals surface area contributed by atoms with Crippen molar-refractivity contribution in [3.05, 3.63) is 12.7 Å². The summed E-state index contributed by atoms with van der Waals surface area (Å²) in [6, 6.07) is 0. The van der Waals surface area contributed by atoms with Crippen molar-refractivity contribution in [1.29, 1.82) is 0 Å². The Kier molecular flexibility index (Phi) is 8.37. The Morgan fingerprint density at radius 2 is 1.57 bits per heavy atom. The van der Waals surface area contributed by atoms with Crippen LogP contribution >= 0.6 is 11.6 Å². The first-order valence-corrected chi connectivity index (χ1v) is 6.32. The highest BCUT2D eigenvalue weighted by Crippen LogP contribution is 2.23. The molecule has 0 aromatic rings. The van der Waals surface area contributed by atoms with Crippen LogP contribution in [0.3, 0.4) is 0 Å². The molecule has 0 aliphatic rings. The summed E-state index contributed by atoms with van der Waals surface area (Å²) in [5.74, 6) is 0. The smallest absolute Gasteiger partial charge is 0.0595 e. The van der Waals surface area contributed by atoms with E-state index in [2.05, 4.69) is 13.5 Å². The molecule has 0 spiro atoms. The van der Waals surface area contributed by atoms with E-state index in [1.54, 1.807) is 0 Å². The second-order valence-electron chi connectivity index (χ2n) is 4.35. The molecule has 0 aliphatic heterocycles. The molecule has 84 valence electrons. The molecule has 0 aromatic heterocycles. The van der Waals surface area contributed by atoms with Gasteiger partial charge < -0.3 is 0 Å². The van der Waals surface area contributed by atoms with Gasteiger partial charge in [-0.05, 0) is 13.3 Å². The standard InChI is InChI=1S/C13H25Cl/c1-4-6-7-8-9-10-11-12-13(3,14)5-2/h5H,2,4,6-12H2,1,3H3. The van der Waals surface area contributed by atoms with Crippen molar-refractivity contribution in [2.45, 2.75) is 70.1 Å². The number of hydrogen-bond donors (Lipinski definition) is 0. The summed E-state index contributed by atoms with van der Waals surface area (Å²) in [4.78, 5) is -0.177. The lowest BCUT2D eigenvalue weighted by molar-refractivity contribution is 0.551. The van der Waals surface area contributed by atoms with Gasteiger partial charge in [-0.25, -0.2) is 0 Å². The van der Waals surface area contributed by atoms with Crippen molar-refractivity contribution in [1.82, 2.24) is 0 Å². The lowest BCUT2D eigenvalue weighted by Crippen LogP contribution is -2.11. The zero-order valence-corrected chi connectivity index (χ0v) is 10.6. The summed E-state index contributed by atoms with van der Waals surface area (Å²) < 4.78 is 0. The van der Waals surface area contributed by atoms with Crippen LogP contribution in [0.2, 0.25) is 0 Å². The molecule has 0 saturated heterocycles. The zero-order chi connectivity index (χ0) is 10.9. The lowest BCUT2D eigenvalue weighted by atomic mass is 10.0. The number of rotatable bonds is 9. The fraction of sp³-hybridized carbons (Fsp3) is 0.846. The molecule has 0 nitrogen and oxygen atoms in total. The van der Waals surface area contributed by atoms with Crippen LogP contribution in [0.4, 0.5) is 0 Å². The molecule has 0 saturated carbocycles. The SMILES string of the molecule is C=CC(C)(Cl)CCCCCCCCC. The van der Waals surface area contributed by atoms with Gasteiger partial charge in [-0.2, -0.15) is 0 Å². The minimum Gasteiger partial charge on any atom is -0.115 e. The third-order valence-corrected chi connectivity index (χ3v) is 3.04. The quantitative estimate of drug-likeness (QED) is 0.278. The Morgan fingerprint density at radius 3 is 2.07 bits per heavy atom. The van der Waals surface area contributed by atoms with E-state index in [1.807, 2.05) is 13.0 Å². The molecule has 1 heteroatoms. The van der Waals surface area contributed by atoms with Gasteiger partial charge in [-0.1, -0.05) is 57.9 Å². The molecule has 14 heavy (non-hydrogen) atoms. The molecule has 0 fully saturated rings. The van der Waals surface area contributed by atoms with Crippen molar-refractivity contribution in [3.8, 4) is 0 Å². The Labute approximate surface area is 94.7 Å². The van der Waals surface area contributed by atoms with Gasteiger partial charge in [-0.3, -0.25) is 0 Å². The maximum atomic E-state index is 6.17. The summed E-state index contributed by atoms with van der Waals surface area (Å²) in [5, 5.41) is 0. The van der Waals surface area contributed by atoms with E-state index in [4.69, 9.17) is 11.6 Å². The minimum absolute atomic E-state index is 0.177. The van der Waals surface area contributed by atoms with Crippen molar-refractivity contribution in [3.63, 3.8) is 0 Å². The van der Waals surface area contributed by atoms with E-state index in [0.717, 1.165) is 6.42 Å². The Morgan fingerprint density at radius 1 is 1.07 bits per heavy atom. The highest BCUT2D eigenvalue weighted by atomic mass is 35.5. The Bertz CT molecular complexity index is 138. The molecule has 0 heterocycles. The molecule has 1 atom stereocenters. The van der Waals surface area contributed by atoms with Gasteiger partial charge in [0.2, 0.25) is 0 Å². The van der Waals surface area contributed by atoms with Crippen LogP contribution in [0.15, 0.2) is 12.7 Å². The fourth-order valence-electron chi connectivity index (χ4n) is 1.53. The Hall–Kier alpha value is 0.0300. The van der Waals surface area contributed by atoms with E-state index in [9.17, 15) is 0 Å². The predicted octanol–water partition coefficient (Wildman–Crippen LogP) is 5.31. The van der Waals surface area contributed by atoms with Gasteiger partial charge in [0.25, 0.3) is 0 Å². The highest BCUT2D eigenvalue weighted by molar-refractivity contribution is 6.24. The highest BCUT2D eigenvalue weighted by Gasteiger charge is 2.14. The normalized spacial score (nSPS) is 15.1. The average Bonchev–Trinajstić information content (AvgIpc) is 2.16.